The van der Waals surface area contributed by atoms with Gasteiger partial charge in [-0.3, -0.25) is 9.78 Å². The fourth-order valence-corrected chi connectivity index (χ4v) is 2.99. The standard InChI is InChI=1S/C18H19ClF2N2O/c1-10(2)23(9-17(20)21)18(24)14-8-16(11-3-4-11)22-15-6-5-12(19)7-13(14)15/h5-8,10-11,17H,3-4,9H2,1-2H3. The first-order valence-corrected chi connectivity index (χ1v) is 8.44. The van der Waals surface area contributed by atoms with Crippen molar-refractivity contribution in [2.75, 3.05) is 6.54 Å². The van der Waals surface area contributed by atoms with Crippen LogP contribution in [0.3, 0.4) is 0 Å². The van der Waals surface area contributed by atoms with Crippen LogP contribution in [0.15, 0.2) is 24.3 Å². The Morgan fingerprint density at radius 3 is 2.62 bits per heavy atom. The molecule has 0 aliphatic heterocycles. The first-order chi connectivity index (χ1) is 11.4. The van der Waals surface area contributed by atoms with E-state index in [0.717, 1.165) is 18.5 Å². The van der Waals surface area contributed by atoms with Gasteiger partial charge in [0.2, 0.25) is 0 Å². The minimum atomic E-state index is -2.57. The van der Waals surface area contributed by atoms with Gasteiger partial charge in [0.05, 0.1) is 17.6 Å². The summed E-state index contributed by atoms with van der Waals surface area (Å²) in [7, 11) is 0. The molecular formula is C18H19ClF2N2O. The maximum Gasteiger partial charge on any atom is 0.255 e. The van der Waals surface area contributed by atoms with Crippen molar-refractivity contribution >= 4 is 28.4 Å². The second kappa shape index (κ2) is 6.63. The van der Waals surface area contributed by atoms with E-state index >= 15 is 0 Å². The number of benzene rings is 1. The number of aromatic nitrogens is 1. The number of nitrogens with zero attached hydrogens (tertiary/aromatic N) is 2. The molecule has 1 aliphatic carbocycles. The molecule has 1 aromatic carbocycles. The normalized spacial score (nSPS) is 14.6. The zero-order valence-corrected chi connectivity index (χ0v) is 14.4. The number of fused-ring (bicyclic) bond motifs is 1. The maximum absolute atomic E-state index is 13.0. The summed E-state index contributed by atoms with van der Waals surface area (Å²) in [6, 6.07) is 6.60. The Balaban J connectivity index is 2.11. The molecule has 1 heterocycles. The van der Waals surface area contributed by atoms with Crippen LogP contribution in [0.5, 0.6) is 0 Å². The summed E-state index contributed by atoms with van der Waals surface area (Å²) in [6.07, 6.45) is -0.481. The largest absolute Gasteiger partial charge is 0.330 e. The minimum absolute atomic E-state index is 0.321. The van der Waals surface area contributed by atoms with Gasteiger partial charge in [0, 0.05) is 28.1 Å². The van der Waals surface area contributed by atoms with Crippen LogP contribution in [-0.2, 0) is 0 Å². The van der Waals surface area contributed by atoms with Crippen molar-refractivity contribution in [3.63, 3.8) is 0 Å². The number of halogens is 3. The van der Waals surface area contributed by atoms with Crippen LogP contribution in [0.2, 0.25) is 5.02 Å². The lowest BCUT2D eigenvalue weighted by atomic mass is 10.0. The Morgan fingerprint density at radius 2 is 2.04 bits per heavy atom. The smallest absolute Gasteiger partial charge is 0.255 e. The molecule has 1 aliphatic rings. The highest BCUT2D eigenvalue weighted by Crippen LogP contribution is 2.40. The molecular weight excluding hydrogens is 334 g/mol. The fourth-order valence-electron chi connectivity index (χ4n) is 2.82. The van der Waals surface area contributed by atoms with E-state index in [2.05, 4.69) is 4.98 Å². The van der Waals surface area contributed by atoms with E-state index in [-0.39, 0.29) is 6.04 Å². The molecule has 1 aromatic heterocycles. The lowest BCUT2D eigenvalue weighted by Gasteiger charge is -2.27. The Labute approximate surface area is 144 Å². The van der Waals surface area contributed by atoms with Gasteiger partial charge < -0.3 is 4.90 Å². The molecule has 3 rings (SSSR count). The van der Waals surface area contributed by atoms with Crippen LogP contribution in [0.25, 0.3) is 10.9 Å². The van der Waals surface area contributed by atoms with Gasteiger partial charge in [-0.1, -0.05) is 11.6 Å². The summed E-state index contributed by atoms with van der Waals surface area (Å²) < 4.78 is 25.8. The predicted molar refractivity (Wildman–Crippen MR) is 90.9 cm³/mol. The molecule has 0 radical (unpaired) electrons. The number of hydrogen-bond acceptors (Lipinski definition) is 2. The van der Waals surface area contributed by atoms with Crippen LogP contribution < -0.4 is 0 Å². The molecule has 0 unspecified atom stereocenters. The highest BCUT2D eigenvalue weighted by molar-refractivity contribution is 6.31. The lowest BCUT2D eigenvalue weighted by Crippen LogP contribution is -2.40. The van der Waals surface area contributed by atoms with Crippen LogP contribution in [-0.4, -0.2) is 34.8 Å². The van der Waals surface area contributed by atoms with E-state index in [1.807, 2.05) is 0 Å². The molecule has 2 aromatic rings. The second-order valence-corrected chi connectivity index (χ2v) is 6.91. The average Bonchev–Trinajstić information content (AvgIpc) is 3.35. The third-order valence-electron chi connectivity index (χ3n) is 4.24. The molecule has 1 fully saturated rings. The Hall–Kier alpha value is -1.75. The van der Waals surface area contributed by atoms with E-state index in [1.165, 1.54) is 4.90 Å². The van der Waals surface area contributed by atoms with Crippen molar-refractivity contribution in [3.05, 3.63) is 40.5 Å². The number of carbonyl (C=O) groups excluding carboxylic acids is 1. The Morgan fingerprint density at radius 1 is 1.33 bits per heavy atom. The zero-order chi connectivity index (χ0) is 17.4. The van der Waals surface area contributed by atoms with Gasteiger partial charge in [0.15, 0.2) is 0 Å². The van der Waals surface area contributed by atoms with E-state index < -0.39 is 18.9 Å². The molecule has 3 nitrogen and oxygen atoms in total. The number of hydrogen-bond donors (Lipinski definition) is 0. The van der Waals surface area contributed by atoms with Crippen molar-refractivity contribution in [1.29, 1.82) is 0 Å². The highest BCUT2D eigenvalue weighted by Gasteiger charge is 2.29. The summed E-state index contributed by atoms with van der Waals surface area (Å²) >= 11 is 6.06. The van der Waals surface area contributed by atoms with Crippen molar-refractivity contribution in [1.82, 2.24) is 9.88 Å². The lowest BCUT2D eigenvalue weighted by molar-refractivity contribution is 0.0478. The van der Waals surface area contributed by atoms with Crippen LogP contribution >= 0.6 is 11.6 Å². The molecule has 0 saturated heterocycles. The number of amides is 1. The number of carbonyl (C=O) groups is 1. The molecule has 24 heavy (non-hydrogen) atoms. The van der Waals surface area contributed by atoms with Crippen molar-refractivity contribution in [2.24, 2.45) is 0 Å². The maximum atomic E-state index is 13.0. The van der Waals surface area contributed by atoms with Gasteiger partial charge >= 0.3 is 0 Å². The summed E-state index contributed by atoms with van der Waals surface area (Å²) in [5.74, 6) is -0.0407. The fraction of sp³-hybridized carbons (Fsp3) is 0.444. The minimum Gasteiger partial charge on any atom is -0.330 e. The predicted octanol–water partition coefficient (Wildman–Crippen LogP) is 4.88. The summed E-state index contributed by atoms with van der Waals surface area (Å²) in [4.78, 5) is 18.8. The third-order valence-corrected chi connectivity index (χ3v) is 4.47. The van der Waals surface area contributed by atoms with Crippen LogP contribution in [0.4, 0.5) is 8.78 Å². The van der Waals surface area contributed by atoms with Crippen molar-refractivity contribution in [2.45, 2.75) is 45.1 Å². The molecule has 0 bridgehead atoms. The molecule has 128 valence electrons. The van der Waals surface area contributed by atoms with Crippen LogP contribution in [0, 0.1) is 0 Å². The van der Waals surface area contributed by atoms with E-state index in [9.17, 15) is 13.6 Å². The van der Waals surface area contributed by atoms with Gasteiger partial charge in [-0.15, -0.1) is 0 Å². The molecule has 0 atom stereocenters. The highest BCUT2D eigenvalue weighted by atomic mass is 35.5. The SMILES string of the molecule is CC(C)N(CC(F)F)C(=O)c1cc(C2CC2)nc2ccc(Cl)cc12. The van der Waals surface area contributed by atoms with E-state index in [4.69, 9.17) is 11.6 Å². The van der Waals surface area contributed by atoms with Gasteiger partial charge in [0.25, 0.3) is 12.3 Å². The average molecular weight is 353 g/mol. The number of alkyl halides is 2. The second-order valence-electron chi connectivity index (χ2n) is 6.47. The Kier molecular flexibility index (Phi) is 4.72. The van der Waals surface area contributed by atoms with E-state index in [0.29, 0.717) is 27.4 Å². The zero-order valence-electron chi connectivity index (χ0n) is 13.6. The first kappa shape index (κ1) is 17.1. The van der Waals surface area contributed by atoms with Crippen LogP contribution in [0.1, 0.15) is 48.7 Å². The molecule has 0 spiro atoms. The number of rotatable bonds is 5. The van der Waals surface area contributed by atoms with E-state index in [1.54, 1.807) is 38.1 Å². The quantitative estimate of drug-likeness (QED) is 0.768. The number of pyridine rings is 1. The molecule has 1 amide bonds. The monoisotopic (exact) mass is 352 g/mol. The molecule has 0 N–H and O–H groups in total. The summed E-state index contributed by atoms with van der Waals surface area (Å²) in [6.45, 7) is 2.89. The molecule has 6 heteroatoms. The van der Waals surface area contributed by atoms with Gasteiger partial charge in [-0.2, -0.15) is 0 Å². The van der Waals surface area contributed by atoms with Crippen molar-refractivity contribution < 1.29 is 13.6 Å². The third kappa shape index (κ3) is 3.51. The van der Waals surface area contributed by atoms with Gasteiger partial charge in [-0.25, -0.2) is 8.78 Å². The summed E-state index contributed by atoms with van der Waals surface area (Å²) in [5.41, 5.74) is 1.93. The topological polar surface area (TPSA) is 33.2 Å². The summed E-state index contributed by atoms with van der Waals surface area (Å²) in [5, 5.41) is 1.10. The first-order valence-electron chi connectivity index (χ1n) is 8.06. The van der Waals surface area contributed by atoms with Crippen molar-refractivity contribution in [3.8, 4) is 0 Å². The van der Waals surface area contributed by atoms with Gasteiger partial charge in [-0.05, 0) is 51.0 Å². The molecule has 1 saturated carbocycles. The Bertz CT molecular complexity index is 775. The van der Waals surface area contributed by atoms with Gasteiger partial charge in [0.1, 0.15) is 0 Å².